The van der Waals surface area contributed by atoms with Crippen LogP contribution < -0.4 is 10.6 Å². The number of hydrogen-bond acceptors (Lipinski definition) is 3. The first-order valence-corrected chi connectivity index (χ1v) is 6.48. The van der Waals surface area contributed by atoms with E-state index in [9.17, 15) is 5.11 Å². The topological polar surface area (TPSA) is 44.3 Å². The van der Waals surface area contributed by atoms with Gasteiger partial charge in [-0.25, -0.2) is 0 Å². The van der Waals surface area contributed by atoms with E-state index in [1.54, 1.807) is 0 Å². The normalized spacial score (nSPS) is 34.2. The molecule has 0 aromatic carbocycles. The van der Waals surface area contributed by atoms with Crippen LogP contribution in [0.5, 0.6) is 0 Å². The van der Waals surface area contributed by atoms with Crippen molar-refractivity contribution in [1.29, 1.82) is 0 Å². The first kappa shape index (κ1) is 11.4. The second-order valence-corrected chi connectivity index (χ2v) is 5.02. The van der Waals surface area contributed by atoms with Crippen molar-refractivity contribution in [3.05, 3.63) is 0 Å². The molecule has 2 fully saturated rings. The number of nitrogens with one attached hydrogen (secondary N) is 2. The summed E-state index contributed by atoms with van der Waals surface area (Å²) in [6, 6.07) is 1.26. The van der Waals surface area contributed by atoms with Crippen molar-refractivity contribution in [3.8, 4) is 0 Å². The largest absolute Gasteiger partial charge is 0.396 e. The number of aliphatic hydroxyl groups is 1. The number of hydrogen-bond donors (Lipinski definition) is 3. The van der Waals surface area contributed by atoms with Crippen LogP contribution in [0.1, 0.15) is 38.5 Å². The number of aliphatic hydroxyl groups excluding tert-OH is 1. The van der Waals surface area contributed by atoms with Crippen LogP contribution in [-0.2, 0) is 0 Å². The van der Waals surface area contributed by atoms with Gasteiger partial charge in [-0.2, -0.15) is 0 Å². The van der Waals surface area contributed by atoms with Crippen molar-refractivity contribution in [3.63, 3.8) is 0 Å². The predicted octanol–water partition coefficient (Wildman–Crippen LogP) is 0.879. The van der Waals surface area contributed by atoms with Crippen LogP contribution in [0.3, 0.4) is 0 Å². The van der Waals surface area contributed by atoms with Gasteiger partial charge in [-0.1, -0.05) is 12.8 Å². The van der Waals surface area contributed by atoms with E-state index >= 15 is 0 Å². The van der Waals surface area contributed by atoms with E-state index in [0.717, 1.165) is 13.1 Å². The summed E-state index contributed by atoms with van der Waals surface area (Å²) in [5.41, 5.74) is 0. The quantitative estimate of drug-likeness (QED) is 0.651. The van der Waals surface area contributed by atoms with E-state index in [4.69, 9.17) is 0 Å². The Bertz CT molecular complexity index is 180. The molecule has 0 bridgehead atoms. The van der Waals surface area contributed by atoms with Gasteiger partial charge in [0.05, 0.1) is 0 Å². The van der Waals surface area contributed by atoms with Crippen LogP contribution in [0.25, 0.3) is 0 Å². The SMILES string of the molecule is OCC1CCCCC1NC1CCNCC1. The monoisotopic (exact) mass is 212 g/mol. The lowest BCUT2D eigenvalue weighted by molar-refractivity contribution is 0.141. The standard InChI is InChI=1S/C12H24N2O/c15-9-10-3-1-2-4-12(10)14-11-5-7-13-8-6-11/h10-15H,1-9H2. The lowest BCUT2D eigenvalue weighted by Gasteiger charge is -2.35. The molecule has 0 aromatic heterocycles. The maximum atomic E-state index is 9.34. The Morgan fingerprint density at radius 2 is 1.80 bits per heavy atom. The summed E-state index contributed by atoms with van der Waals surface area (Å²) in [6.45, 7) is 2.66. The molecule has 15 heavy (non-hydrogen) atoms. The minimum absolute atomic E-state index is 0.364. The Kier molecular flexibility index (Phi) is 4.42. The molecule has 2 rings (SSSR count). The molecular formula is C12H24N2O. The van der Waals surface area contributed by atoms with Crippen LogP contribution in [0.2, 0.25) is 0 Å². The molecule has 0 aromatic rings. The van der Waals surface area contributed by atoms with Crippen LogP contribution in [-0.4, -0.2) is 36.9 Å². The first-order valence-electron chi connectivity index (χ1n) is 6.48. The zero-order chi connectivity index (χ0) is 10.5. The second kappa shape index (κ2) is 5.83. The van der Waals surface area contributed by atoms with E-state index in [2.05, 4.69) is 10.6 Å². The smallest absolute Gasteiger partial charge is 0.0474 e. The fraction of sp³-hybridized carbons (Fsp3) is 1.00. The number of piperidine rings is 1. The van der Waals surface area contributed by atoms with Gasteiger partial charge in [-0.15, -0.1) is 0 Å². The summed E-state index contributed by atoms with van der Waals surface area (Å²) in [5.74, 6) is 0.508. The molecule has 1 heterocycles. The molecule has 0 amide bonds. The van der Waals surface area contributed by atoms with Gasteiger partial charge in [0.1, 0.15) is 0 Å². The lowest BCUT2D eigenvalue weighted by Crippen LogP contribution is -2.49. The summed E-state index contributed by atoms with van der Waals surface area (Å²) in [4.78, 5) is 0. The highest BCUT2D eigenvalue weighted by molar-refractivity contribution is 4.85. The van der Waals surface area contributed by atoms with E-state index < -0.39 is 0 Å². The molecular weight excluding hydrogens is 188 g/mol. The van der Waals surface area contributed by atoms with E-state index in [1.165, 1.54) is 38.5 Å². The molecule has 88 valence electrons. The fourth-order valence-corrected chi connectivity index (χ4v) is 2.94. The van der Waals surface area contributed by atoms with Gasteiger partial charge in [0.2, 0.25) is 0 Å². The summed E-state index contributed by atoms with van der Waals surface area (Å²) in [6.07, 6.45) is 7.59. The third kappa shape index (κ3) is 3.16. The molecule has 1 aliphatic carbocycles. The van der Waals surface area contributed by atoms with Crippen molar-refractivity contribution < 1.29 is 5.11 Å². The van der Waals surface area contributed by atoms with Gasteiger partial charge in [0.25, 0.3) is 0 Å². The van der Waals surface area contributed by atoms with Gasteiger partial charge in [0, 0.05) is 18.7 Å². The van der Waals surface area contributed by atoms with Crippen LogP contribution >= 0.6 is 0 Å². The van der Waals surface area contributed by atoms with E-state index in [1.807, 2.05) is 0 Å². The predicted molar refractivity (Wildman–Crippen MR) is 61.9 cm³/mol. The number of rotatable bonds is 3. The van der Waals surface area contributed by atoms with Crippen molar-refractivity contribution in [2.75, 3.05) is 19.7 Å². The highest BCUT2D eigenvalue weighted by Crippen LogP contribution is 2.25. The minimum atomic E-state index is 0.364. The zero-order valence-corrected chi connectivity index (χ0v) is 9.54. The van der Waals surface area contributed by atoms with Gasteiger partial charge in [0.15, 0.2) is 0 Å². The van der Waals surface area contributed by atoms with Gasteiger partial charge < -0.3 is 15.7 Å². The zero-order valence-electron chi connectivity index (χ0n) is 9.54. The lowest BCUT2D eigenvalue weighted by atomic mass is 9.84. The third-order valence-corrected chi connectivity index (χ3v) is 3.93. The fourth-order valence-electron chi connectivity index (χ4n) is 2.94. The highest BCUT2D eigenvalue weighted by atomic mass is 16.3. The van der Waals surface area contributed by atoms with Crippen molar-refractivity contribution in [2.24, 2.45) is 5.92 Å². The van der Waals surface area contributed by atoms with E-state index in [-0.39, 0.29) is 0 Å². The Hall–Kier alpha value is -0.120. The van der Waals surface area contributed by atoms with Crippen LogP contribution in [0.15, 0.2) is 0 Å². The summed E-state index contributed by atoms with van der Waals surface area (Å²) >= 11 is 0. The summed E-state index contributed by atoms with van der Waals surface area (Å²) in [7, 11) is 0. The molecule has 3 heteroatoms. The molecule has 1 saturated carbocycles. The maximum absolute atomic E-state index is 9.34. The minimum Gasteiger partial charge on any atom is -0.396 e. The highest BCUT2D eigenvalue weighted by Gasteiger charge is 2.26. The molecule has 3 N–H and O–H groups in total. The summed E-state index contributed by atoms with van der Waals surface area (Å²) < 4.78 is 0. The van der Waals surface area contributed by atoms with Gasteiger partial charge >= 0.3 is 0 Å². The Morgan fingerprint density at radius 3 is 2.53 bits per heavy atom. The van der Waals surface area contributed by atoms with Crippen molar-refractivity contribution in [2.45, 2.75) is 50.6 Å². The Morgan fingerprint density at radius 1 is 1.07 bits per heavy atom. The molecule has 2 unspecified atom stereocenters. The van der Waals surface area contributed by atoms with Crippen LogP contribution in [0, 0.1) is 5.92 Å². The van der Waals surface area contributed by atoms with Gasteiger partial charge in [-0.05, 0) is 44.7 Å². The second-order valence-electron chi connectivity index (χ2n) is 5.02. The third-order valence-electron chi connectivity index (χ3n) is 3.93. The molecule has 2 atom stereocenters. The van der Waals surface area contributed by atoms with E-state index in [0.29, 0.717) is 24.6 Å². The Labute approximate surface area is 92.6 Å². The summed E-state index contributed by atoms with van der Waals surface area (Å²) in [5, 5.41) is 16.5. The van der Waals surface area contributed by atoms with Crippen molar-refractivity contribution >= 4 is 0 Å². The molecule has 0 spiro atoms. The maximum Gasteiger partial charge on any atom is 0.0474 e. The first-order chi connectivity index (χ1) is 7.40. The van der Waals surface area contributed by atoms with Crippen molar-refractivity contribution in [1.82, 2.24) is 10.6 Å². The average Bonchev–Trinajstić information content (AvgIpc) is 2.31. The molecule has 1 aliphatic heterocycles. The van der Waals surface area contributed by atoms with Crippen LogP contribution in [0.4, 0.5) is 0 Å². The Balaban J connectivity index is 1.79. The molecule has 3 nitrogen and oxygen atoms in total. The molecule has 0 radical (unpaired) electrons. The van der Waals surface area contributed by atoms with Gasteiger partial charge in [-0.3, -0.25) is 0 Å². The molecule has 1 saturated heterocycles. The molecule has 2 aliphatic rings. The average molecular weight is 212 g/mol.